The zero-order chi connectivity index (χ0) is 9.26. The molecule has 2 N–H and O–H groups in total. The molecule has 2 rings (SSSR count). The second-order valence-corrected chi connectivity index (χ2v) is 4.60. The van der Waals surface area contributed by atoms with Crippen molar-refractivity contribution in [2.45, 2.75) is 31.3 Å². The Kier molecular flexibility index (Phi) is 2.86. The Morgan fingerprint density at radius 3 is 2.62 bits per heavy atom. The molecule has 0 aromatic carbocycles. The van der Waals surface area contributed by atoms with E-state index in [1.807, 2.05) is 0 Å². The van der Waals surface area contributed by atoms with Gasteiger partial charge in [-0.25, -0.2) is 0 Å². The maximum atomic E-state index is 5.97. The van der Waals surface area contributed by atoms with Crippen molar-refractivity contribution in [2.75, 3.05) is 33.2 Å². The predicted molar refractivity (Wildman–Crippen MR) is 54.7 cm³/mol. The van der Waals surface area contributed by atoms with E-state index in [-0.39, 0.29) is 0 Å². The fourth-order valence-electron chi connectivity index (χ4n) is 2.58. The summed E-state index contributed by atoms with van der Waals surface area (Å²) in [5.41, 5.74) is 5.97. The molecule has 2 heterocycles. The molecule has 2 atom stereocenters. The Morgan fingerprint density at radius 2 is 2.00 bits per heavy atom. The largest absolute Gasteiger partial charge is 0.327 e. The molecule has 3 nitrogen and oxygen atoms in total. The summed E-state index contributed by atoms with van der Waals surface area (Å²) in [5.74, 6) is 0. The summed E-state index contributed by atoms with van der Waals surface area (Å²) in [6.07, 6.45) is 3.85. The SMILES string of the molecule is CN1CCC(N2CCCC(N)C2)C1. The zero-order valence-corrected chi connectivity index (χ0v) is 8.58. The number of nitrogens with zero attached hydrogens (tertiary/aromatic N) is 2. The van der Waals surface area contributed by atoms with Gasteiger partial charge < -0.3 is 10.6 Å². The highest BCUT2D eigenvalue weighted by molar-refractivity contribution is 4.86. The average Bonchev–Trinajstić information content (AvgIpc) is 2.52. The fraction of sp³-hybridized carbons (Fsp3) is 1.00. The fourth-order valence-corrected chi connectivity index (χ4v) is 2.58. The predicted octanol–water partition coefficient (Wildman–Crippen LogP) is 0.114. The molecule has 0 aromatic heterocycles. The molecule has 0 aromatic rings. The van der Waals surface area contributed by atoms with E-state index < -0.39 is 0 Å². The summed E-state index contributed by atoms with van der Waals surface area (Å²) in [6, 6.07) is 1.22. The monoisotopic (exact) mass is 183 g/mol. The Balaban J connectivity index is 1.85. The number of piperidine rings is 1. The van der Waals surface area contributed by atoms with E-state index in [4.69, 9.17) is 5.73 Å². The van der Waals surface area contributed by atoms with Gasteiger partial charge in [-0.05, 0) is 39.4 Å². The van der Waals surface area contributed by atoms with Gasteiger partial charge in [0, 0.05) is 25.2 Å². The van der Waals surface area contributed by atoms with E-state index >= 15 is 0 Å². The van der Waals surface area contributed by atoms with Crippen LogP contribution in [0.25, 0.3) is 0 Å². The van der Waals surface area contributed by atoms with E-state index in [0.717, 1.165) is 12.6 Å². The Hall–Kier alpha value is -0.120. The first-order valence-electron chi connectivity index (χ1n) is 5.44. The van der Waals surface area contributed by atoms with Gasteiger partial charge in [0.1, 0.15) is 0 Å². The van der Waals surface area contributed by atoms with Gasteiger partial charge in [-0.2, -0.15) is 0 Å². The number of likely N-dealkylation sites (N-methyl/N-ethyl adjacent to an activating group) is 1. The lowest BCUT2D eigenvalue weighted by atomic mass is 10.0. The van der Waals surface area contributed by atoms with Crippen LogP contribution in [0.3, 0.4) is 0 Å². The first-order valence-corrected chi connectivity index (χ1v) is 5.44. The van der Waals surface area contributed by atoms with Crippen LogP contribution in [-0.4, -0.2) is 55.1 Å². The summed E-state index contributed by atoms with van der Waals surface area (Å²) >= 11 is 0. The van der Waals surface area contributed by atoms with Gasteiger partial charge in [0.15, 0.2) is 0 Å². The van der Waals surface area contributed by atoms with Crippen molar-refractivity contribution in [2.24, 2.45) is 5.73 Å². The van der Waals surface area contributed by atoms with Crippen molar-refractivity contribution < 1.29 is 0 Å². The molecule has 2 aliphatic rings. The van der Waals surface area contributed by atoms with Crippen LogP contribution in [0, 0.1) is 0 Å². The van der Waals surface area contributed by atoms with Crippen molar-refractivity contribution in [3.8, 4) is 0 Å². The highest BCUT2D eigenvalue weighted by atomic mass is 15.2. The molecule has 0 radical (unpaired) electrons. The van der Waals surface area contributed by atoms with Crippen LogP contribution >= 0.6 is 0 Å². The molecule has 0 bridgehead atoms. The number of likely N-dealkylation sites (tertiary alicyclic amines) is 2. The van der Waals surface area contributed by atoms with Crippen LogP contribution in [0.1, 0.15) is 19.3 Å². The third kappa shape index (κ3) is 2.22. The van der Waals surface area contributed by atoms with Gasteiger partial charge >= 0.3 is 0 Å². The topological polar surface area (TPSA) is 32.5 Å². The molecule has 2 fully saturated rings. The smallest absolute Gasteiger partial charge is 0.0235 e. The van der Waals surface area contributed by atoms with E-state index in [1.165, 1.54) is 38.9 Å². The van der Waals surface area contributed by atoms with Crippen molar-refractivity contribution in [3.63, 3.8) is 0 Å². The van der Waals surface area contributed by atoms with Crippen molar-refractivity contribution in [3.05, 3.63) is 0 Å². The second-order valence-electron chi connectivity index (χ2n) is 4.60. The van der Waals surface area contributed by atoms with Gasteiger partial charge in [0.25, 0.3) is 0 Å². The van der Waals surface area contributed by atoms with Crippen LogP contribution in [0.2, 0.25) is 0 Å². The van der Waals surface area contributed by atoms with E-state index in [0.29, 0.717) is 6.04 Å². The summed E-state index contributed by atoms with van der Waals surface area (Å²) < 4.78 is 0. The standard InChI is InChI=1S/C10H21N3/c1-12-6-4-10(8-12)13-5-2-3-9(11)7-13/h9-10H,2-8,11H2,1H3. The maximum Gasteiger partial charge on any atom is 0.0235 e. The zero-order valence-electron chi connectivity index (χ0n) is 8.58. The summed E-state index contributed by atoms with van der Waals surface area (Å²) in [7, 11) is 2.21. The molecule has 0 amide bonds. The first kappa shape index (κ1) is 9.44. The van der Waals surface area contributed by atoms with Crippen LogP contribution in [-0.2, 0) is 0 Å². The first-order chi connectivity index (χ1) is 6.25. The molecule has 2 saturated heterocycles. The Morgan fingerprint density at radius 1 is 1.15 bits per heavy atom. The molecule has 2 unspecified atom stereocenters. The molecular weight excluding hydrogens is 162 g/mol. The molecule has 3 heteroatoms. The quantitative estimate of drug-likeness (QED) is 0.626. The number of nitrogens with two attached hydrogens (primary N) is 1. The minimum atomic E-state index is 0.430. The van der Waals surface area contributed by atoms with Gasteiger partial charge in [-0.1, -0.05) is 0 Å². The number of hydrogen-bond acceptors (Lipinski definition) is 3. The van der Waals surface area contributed by atoms with Crippen molar-refractivity contribution in [1.82, 2.24) is 9.80 Å². The van der Waals surface area contributed by atoms with Gasteiger partial charge in [-0.3, -0.25) is 4.90 Å². The third-order valence-electron chi connectivity index (χ3n) is 3.37. The molecule has 0 aliphatic carbocycles. The lowest BCUT2D eigenvalue weighted by Gasteiger charge is -2.35. The third-order valence-corrected chi connectivity index (χ3v) is 3.37. The van der Waals surface area contributed by atoms with Gasteiger partial charge in [0.2, 0.25) is 0 Å². The second kappa shape index (κ2) is 3.95. The van der Waals surface area contributed by atoms with Gasteiger partial charge in [0.05, 0.1) is 0 Å². The highest BCUT2D eigenvalue weighted by Crippen LogP contribution is 2.18. The van der Waals surface area contributed by atoms with E-state index in [2.05, 4.69) is 16.8 Å². The minimum Gasteiger partial charge on any atom is -0.327 e. The van der Waals surface area contributed by atoms with Gasteiger partial charge in [-0.15, -0.1) is 0 Å². The normalized spacial score (nSPS) is 38.3. The maximum absolute atomic E-state index is 5.97. The molecule has 76 valence electrons. The highest BCUT2D eigenvalue weighted by Gasteiger charge is 2.28. The van der Waals surface area contributed by atoms with Crippen LogP contribution in [0.5, 0.6) is 0 Å². The molecular formula is C10H21N3. The van der Waals surface area contributed by atoms with Crippen LogP contribution in [0.15, 0.2) is 0 Å². The molecule has 13 heavy (non-hydrogen) atoms. The minimum absolute atomic E-state index is 0.430. The summed E-state index contributed by atoms with van der Waals surface area (Å²) in [5, 5.41) is 0. The summed E-state index contributed by atoms with van der Waals surface area (Å²) in [4.78, 5) is 5.02. The molecule has 0 spiro atoms. The van der Waals surface area contributed by atoms with Crippen LogP contribution in [0.4, 0.5) is 0 Å². The van der Waals surface area contributed by atoms with Crippen molar-refractivity contribution >= 4 is 0 Å². The molecule has 2 aliphatic heterocycles. The summed E-state index contributed by atoms with van der Waals surface area (Å²) in [6.45, 7) is 4.90. The lowest BCUT2D eigenvalue weighted by Crippen LogP contribution is -2.48. The van der Waals surface area contributed by atoms with Crippen molar-refractivity contribution in [1.29, 1.82) is 0 Å². The Bertz CT molecular complexity index is 172. The molecule has 0 saturated carbocycles. The number of rotatable bonds is 1. The van der Waals surface area contributed by atoms with E-state index in [1.54, 1.807) is 0 Å². The number of hydrogen-bond donors (Lipinski definition) is 1. The lowest BCUT2D eigenvalue weighted by molar-refractivity contribution is 0.152. The Labute approximate surface area is 80.9 Å². The average molecular weight is 183 g/mol. The van der Waals surface area contributed by atoms with Crippen LogP contribution < -0.4 is 5.73 Å². The van der Waals surface area contributed by atoms with E-state index in [9.17, 15) is 0 Å².